The number of anilines is 1. The molecule has 2 aromatic rings. The van der Waals surface area contributed by atoms with Gasteiger partial charge in [0, 0.05) is 25.3 Å². The van der Waals surface area contributed by atoms with Gasteiger partial charge in [0.2, 0.25) is 10.0 Å². The molecule has 0 saturated heterocycles. The predicted molar refractivity (Wildman–Crippen MR) is 95.8 cm³/mol. The van der Waals surface area contributed by atoms with E-state index in [1.165, 1.54) is 19.2 Å². The molecule has 0 amide bonds. The molecule has 0 aromatic heterocycles. The molecular weight excluding hydrogens is 324 g/mol. The quantitative estimate of drug-likeness (QED) is 0.844. The van der Waals surface area contributed by atoms with Crippen LogP contribution in [0.2, 0.25) is 0 Å². The van der Waals surface area contributed by atoms with E-state index >= 15 is 0 Å². The largest absolute Gasteiger partial charge is 0.497 e. The first kappa shape index (κ1) is 17.9. The Hall–Kier alpha value is -2.49. The average Bonchev–Trinajstić information content (AvgIpc) is 2.59. The number of hydrogen-bond donors (Lipinski definition) is 1. The van der Waals surface area contributed by atoms with Gasteiger partial charge in [0.05, 0.1) is 18.6 Å². The summed E-state index contributed by atoms with van der Waals surface area (Å²) in [7, 11) is 1.89. The number of benzene rings is 2. The number of rotatable bonds is 5. The molecule has 0 atom stereocenters. The van der Waals surface area contributed by atoms with E-state index in [1.807, 2.05) is 43.3 Å². The van der Waals surface area contributed by atoms with Crippen molar-refractivity contribution in [2.45, 2.75) is 4.90 Å². The SMILES string of the molecule is COc1ccc(S(=O)(=O)NCC#Cc2ccc(N(C)C)cc2)cc1. The van der Waals surface area contributed by atoms with Gasteiger partial charge in [-0.2, -0.15) is 4.72 Å². The zero-order chi connectivity index (χ0) is 17.6. The lowest BCUT2D eigenvalue weighted by Crippen LogP contribution is -2.23. The van der Waals surface area contributed by atoms with E-state index in [0.717, 1.165) is 11.3 Å². The van der Waals surface area contributed by atoms with E-state index in [1.54, 1.807) is 12.1 Å². The van der Waals surface area contributed by atoms with Crippen molar-refractivity contribution in [2.75, 3.05) is 32.6 Å². The fraction of sp³-hybridized carbons (Fsp3) is 0.222. The zero-order valence-corrected chi connectivity index (χ0v) is 14.7. The minimum atomic E-state index is -3.57. The van der Waals surface area contributed by atoms with Crippen molar-refractivity contribution in [3.63, 3.8) is 0 Å². The Labute approximate surface area is 143 Å². The van der Waals surface area contributed by atoms with E-state index in [2.05, 4.69) is 16.6 Å². The van der Waals surface area contributed by atoms with Crippen LogP contribution in [0.15, 0.2) is 53.4 Å². The summed E-state index contributed by atoms with van der Waals surface area (Å²) in [5.41, 5.74) is 1.92. The molecule has 6 heteroatoms. The van der Waals surface area contributed by atoms with Crippen LogP contribution in [0.1, 0.15) is 5.56 Å². The van der Waals surface area contributed by atoms with Gasteiger partial charge in [-0.15, -0.1) is 0 Å². The first-order valence-electron chi connectivity index (χ1n) is 7.32. The van der Waals surface area contributed by atoms with Crippen molar-refractivity contribution in [1.29, 1.82) is 0 Å². The van der Waals surface area contributed by atoms with Gasteiger partial charge in [0.1, 0.15) is 5.75 Å². The summed E-state index contributed by atoms with van der Waals surface area (Å²) in [6, 6.07) is 13.9. The summed E-state index contributed by atoms with van der Waals surface area (Å²) < 4.78 is 31.7. The maximum atomic E-state index is 12.1. The lowest BCUT2D eigenvalue weighted by atomic mass is 10.2. The second-order valence-electron chi connectivity index (χ2n) is 5.24. The first-order valence-corrected chi connectivity index (χ1v) is 8.80. The average molecular weight is 344 g/mol. The molecule has 126 valence electrons. The smallest absolute Gasteiger partial charge is 0.241 e. The van der Waals surface area contributed by atoms with Gasteiger partial charge in [-0.05, 0) is 48.5 Å². The Morgan fingerprint density at radius 3 is 2.21 bits per heavy atom. The van der Waals surface area contributed by atoms with Crippen LogP contribution in [0.5, 0.6) is 5.75 Å². The second kappa shape index (κ2) is 7.86. The highest BCUT2D eigenvalue weighted by molar-refractivity contribution is 7.89. The van der Waals surface area contributed by atoms with Gasteiger partial charge in [-0.3, -0.25) is 0 Å². The Kier molecular flexibility index (Phi) is 5.85. The summed E-state index contributed by atoms with van der Waals surface area (Å²) in [5.74, 6) is 6.36. The molecule has 0 bridgehead atoms. The Bertz CT molecular complexity index is 831. The summed E-state index contributed by atoms with van der Waals surface area (Å²) >= 11 is 0. The number of sulfonamides is 1. The van der Waals surface area contributed by atoms with Crippen LogP contribution in [0.4, 0.5) is 5.69 Å². The van der Waals surface area contributed by atoms with E-state index in [-0.39, 0.29) is 11.4 Å². The lowest BCUT2D eigenvalue weighted by molar-refractivity contribution is 0.414. The van der Waals surface area contributed by atoms with Crippen molar-refractivity contribution in [2.24, 2.45) is 0 Å². The van der Waals surface area contributed by atoms with Crippen LogP contribution >= 0.6 is 0 Å². The maximum absolute atomic E-state index is 12.1. The molecular formula is C18H20N2O3S. The van der Waals surface area contributed by atoms with Crippen molar-refractivity contribution < 1.29 is 13.2 Å². The Balaban J connectivity index is 1.97. The van der Waals surface area contributed by atoms with Crippen molar-refractivity contribution in [3.8, 4) is 17.6 Å². The summed E-state index contributed by atoms with van der Waals surface area (Å²) in [6.07, 6.45) is 0. The minimum Gasteiger partial charge on any atom is -0.497 e. The molecule has 0 saturated carbocycles. The maximum Gasteiger partial charge on any atom is 0.241 e. The van der Waals surface area contributed by atoms with E-state index in [0.29, 0.717) is 5.75 Å². The molecule has 0 aliphatic carbocycles. The van der Waals surface area contributed by atoms with Gasteiger partial charge in [0.25, 0.3) is 0 Å². The van der Waals surface area contributed by atoms with Crippen molar-refractivity contribution in [3.05, 3.63) is 54.1 Å². The summed E-state index contributed by atoms with van der Waals surface area (Å²) in [5, 5.41) is 0. The monoisotopic (exact) mass is 344 g/mol. The standard InChI is InChI=1S/C18H20N2O3S/c1-20(2)16-8-6-15(7-9-16)5-4-14-19-24(21,22)18-12-10-17(23-3)11-13-18/h6-13,19H,14H2,1-3H3. The fourth-order valence-corrected chi connectivity index (χ4v) is 2.88. The molecule has 2 aromatic carbocycles. The molecule has 0 heterocycles. The molecule has 0 radical (unpaired) electrons. The number of hydrogen-bond acceptors (Lipinski definition) is 4. The van der Waals surface area contributed by atoms with Gasteiger partial charge >= 0.3 is 0 Å². The number of nitrogens with one attached hydrogen (secondary N) is 1. The van der Waals surface area contributed by atoms with Crippen LogP contribution in [0.3, 0.4) is 0 Å². The molecule has 0 fully saturated rings. The third kappa shape index (κ3) is 4.75. The number of nitrogens with zero attached hydrogens (tertiary/aromatic N) is 1. The highest BCUT2D eigenvalue weighted by atomic mass is 32.2. The van der Waals surface area contributed by atoms with Gasteiger partial charge < -0.3 is 9.64 Å². The van der Waals surface area contributed by atoms with E-state index in [4.69, 9.17) is 4.74 Å². The molecule has 0 aliphatic heterocycles. The Morgan fingerprint density at radius 2 is 1.67 bits per heavy atom. The van der Waals surface area contributed by atoms with Gasteiger partial charge in [-0.25, -0.2) is 8.42 Å². The molecule has 5 nitrogen and oxygen atoms in total. The number of ether oxygens (including phenoxy) is 1. The third-order valence-electron chi connectivity index (χ3n) is 3.34. The van der Waals surface area contributed by atoms with Crippen LogP contribution in [0, 0.1) is 11.8 Å². The molecule has 0 aliphatic rings. The van der Waals surface area contributed by atoms with Crippen molar-refractivity contribution >= 4 is 15.7 Å². The molecule has 24 heavy (non-hydrogen) atoms. The molecule has 0 spiro atoms. The van der Waals surface area contributed by atoms with Crippen LogP contribution in [0.25, 0.3) is 0 Å². The van der Waals surface area contributed by atoms with E-state index in [9.17, 15) is 8.42 Å². The van der Waals surface area contributed by atoms with E-state index < -0.39 is 10.0 Å². The lowest BCUT2D eigenvalue weighted by Gasteiger charge is -2.11. The summed E-state index contributed by atoms with van der Waals surface area (Å²) in [6.45, 7) is 0.0454. The first-order chi connectivity index (χ1) is 11.4. The van der Waals surface area contributed by atoms with Crippen molar-refractivity contribution in [1.82, 2.24) is 4.72 Å². The highest BCUT2D eigenvalue weighted by Crippen LogP contribution is 2.15. The highest BCUT2D eigenvalue weighted by Gasteiger charge is 2.12. The third-order valence-corrected chi connectivity index (χ3v) is 4.75. The zero-order valence-electron chi connectivity index (χ0n) is 13.9. The number of methoxy groups -OCH3 is 1. The van der Waals surface area contributed by atoms with Crippen LogP contribution < -0.4 is 14.4 Å². The molecule has 1 N–H and O–H groups in total. The second-order valence-corrected chi connectivity index (χ2v) is 7.01. The fourth-order valence-electron chi connectivity index (χ4n) is 1.96. The van der Waals surface area contributed by atoms with Gasteiger partial charge in [-0.1, -0.05) is 11.8 Å². The molecule has 0 unspecified atom stereocenters. The predicted octanol–water partition coefficient (Wildman–Crippen LogP) is 2.09. The topological polar surface area (TPSA) is 58.6 Å². The minimum absolute atomic E-state index is 0.0454. The normalized spacial score (nSPS) is 10.6. The Morgan fingerprint density at radius 1 is 1.04 bits per heavy atom. The van der Waals surface area contributed by atoms with Crippen LogP contribution in [-0.2, 0) is 10.0 Å². The van der Waals surface area contributed by atoms with Gasteiger partial charge in [0.15, 0.2) is 0 Å². The molecule has 2 rings (SSSR count). The van der Waals surface area contributed by atoms with Crippen LogP contribution in [-0.4, -0.2) is 36.2 Å². The summed E-state index contributed by atoms with van der Waals surface area (Å²) in [4.78, 5) is 2.18.